The summed E-state index contributed by atoms with van der Waals surface area (Å²) in [6, 6.07) is 9.99. The molecule has 0 aliphatic rings. The van der Waals surface area contributed by atoms with Crippen molar-refractivity contribution < 1.29 is 13.2 Å². The lowest BCUT2D eigenvalue weighted by atomic mass is 10.1. The van der Waals surface area contributed by atoms with Gasteiger partial charge in [0.15, 0.2) is 0 Å². The number of thiazole rings is 1. The molecule has 2 aromatic carbocycles. The number of carbonyl (C=O) groups excluding carboxylic acids is 1. The zero-order chi connectivity index (χ0) is 21.2. The predicted octanol–water partition coefficient (Wildman–Crippen LogP) is 3.70. The molecule has 9 heteroatoms. The number of aromatic nitrogens is 1. The van der Waals surface area contributed by atoms with Gasteiger partial charge in [-0.2, -0.15) is 4.31 Å². The first-order valence-corrected chi connectivity index (χ1v) is 11.6. The van der Waals surface area contributed by atoms with E-state index in [9.17, 15) is 13.2 Å². The number of anilines is 1. The van der Waals surface area contributed by atoms with Crippen LogP contribution in [0.3, 0.4) is 0 Å². The van der Waals surface area contributed by atoms with E-state index < -0.39 is 10.0 Å². The normalized spacial score (nSPS) is 11.8. The number of aryl methyl sites for hydroxylation is 2. The van der Waals surface area contributed by atoms with Crippen molar-refractivity contribution in [2.45, 2.75) is 32.6 Å². The van der Waals surface area contributed by atoms with Crippen LogP contribution in [0.4, 0.5) is 5.13 Å². The second kappa shape index (κ2) is 8.48. The van der Waals surface area contributed by atoms with Crippen LogP contribution in [0.25, 0.3) is 10.2 Å². The maximum absolute atomic E-state index is 12.5. The largest absolute Gasteiger partial charge is 0.273 e. The SMILES string of the molecule is CCN(CC)S(=O)(=O)c1ccc(C(=O)NNc2nc3cc(C)cc(C)c3s2)cc1. The van der Waals surface area contributed by atoms with Gasteiger partial charge in [-0.1, -0.05) is 31.3 Å². The Balaban J connectivity index is 1.71. The molecule has 3 rings (SSSR count). The van der Waals surface area contributed by atoms with E-state index in [0.717, 1.165) is 21.3 Å². The molecule has 1 amide bonds. The van der Waals surface area contributed by atoms with Crippen molar-refractivity contribution in [2.24, 2.45) is 0 Å². The molecule has 1 heterocycles. The molecule has 0 spiro atoms. The van der Waals surface area contributed by atoms with Gasteiger partial charge in [0.25, 0.3) is 5.91 Å². The average molecular weight is 433 g/mol. The first-order chi connectivity index (χ1) is 13.8. The third kappa shape index (κ3) is 4.42. The quantitative estimate of drug-likeness (QED) is 0.556. The van der Waals surface area contributed by atoms with Gasteiger partial charge in [0.1, 0.15) is 0 Å². The fraction of sp³-hybridized carbons (Fsp3) is 0.300. The third-order valence-electron chi connectivity index (χ3n) is 4.56. The summed E-state index contributed by atoms with van der Waals surface area (Å²) < 4.78 is 27.5. The van der Waals surface area contributed by atoms with E-state index in [1.54, 1.807) is 13.8 Å². The van der Waals surface area contributed by atoms with Gasteiger partial charge in [0.05, 0.1) is 15.1 Å². The zero-order valence-electron chi connectivity index (χ0n) is 16.8. The Morgan fingerprint density at radius 3 is 2.38 bits per heavy atom. The summed E-state index contributed by atoms with van der Waals surface area (Å²) in [4.78, 5) is 17.1. The van der Waals surface area contributed by atoms with Crippen molar-refractivity contribution in [2.75, 3.05) is 18.5 Å². The average Bonchev–Trinajstić information content (AvgIpc) is 3.10. The number of nitrogens with one attached hydrogen (secondary N) is 2. The molecule has 0 fully saturated rings. The zero-order valence-corrected chi connectivity index (χ0v) is 18.4. The van der Waals surface area contributed by atoms with E-state index >= 15 is 0 Å². The predicted molar refractivity (Wildman–Crippen MR) is 117 cm³/mol. The van der Waals surface area contributed by atoms with Crippen molar-refractivity contribution in [3.8, 4) is 0 Å². The van der Waals surface area contributed by atoms with Gasteiger partial charge >= 0.3 is 0 Å². The van der Waals surface area contributed by atoms with Gasteiger partial charge in [-0.25, -0.2) is 13.4 Å². The van der Waals surface area contributed by atoms with Crippen LogP contribution < -0.4 is 10.9 Å². The molecule has 29 heavy (non-hydrogen) atoms. The minimum Gasteiger partial charge on any atom is -0.273 e. The highest BCUT2D eigenvalue weighted by Gasteiger charge is 2.21. The molecule has 0 atom stereocenters. The molecule has 0 radical (unpaired) electrons. The summed E-state index contributed by atoms with van der Waals surface area (Å²) >= 11 is 1.46. The molecule has 2 N–H and O–H groups in total. The number of fused-ring (bicyclic) bond motifs is 1. The van der Waals surface area contributed by atoms with Crippen molar-refractivity contribution in [1.82, 2.24) is 14.7 Å². The molecule has 3 aromatic rings. The number of nitrogens with zero attached hydrogens (tertiary/aromatic N) is 2. The van der Waals surface area contributed by atoms with Gasteiger partial charge in [-0.15, -0.1) is 0 Å². The molecule has 0 saturated heterocycles. The highest BCUT2D eigenvalue weighted by molar-refractivity contribution is 7.89. The van der Waals surface area contributed by atoms with Crippen molar-refractivity contribution in [3.63, 3.8) is 0 Å². The molecule has 1 aromatic heterocycles. The molecule has 0 unspecified atom stereocenters. The number of sulfonamides is 1. The van der Waals surface area contributed by atoms with E-state index in [1.807, 2.05) is 19.9 Å². The Labute approximate surface area is 174 Å². The van der Waals surface area contributed by atoms with E-state index in [-0.39, 0.29) is 10.8 Å². The minimum absolute atomic E-state index is 0.169. The van der Waals surface area contributed by atoms with Gasteiger partial charge in [-0.3, -0.25) is 15.6 Å². The van der Waals surface area contributed by atoms with Crippen LogP contribution in [-0.4, -0.2) is 36.7 Å². The van der Waals surface area contributed by atoms with Crippen LogP contribution in [-0.2, 0) is 10.0 Å². The summed E-state index contributed by atoms with van der Waals surface area (Å²) in [7, 11) is -3.54. The van der Waals surface area contributed by atoms with Crippen LogP contribution in [0.5, 0.6) is 0 Å². The Morgan fingerprint density at radius 1 is 1.10 bits per heavy atom. The number of benzene rings is 2. The minimum atomic E-state index is -3.54. The number of hydrogen-bond donors (Lipinski definition) is 2. The fourth-order valence-electron chi connectivity index (χ4n) is 3.10. The second-order valence-electron chi connectivity index (χ2n) is 6.64. The highest BCUT2D eigenvalue weighted by atomic mass is 32.2. The summed E-state index contributed by atoms with van der Waals surface area (Å²) in [5, 5.41) is 0.586. The Kier molecular flexibility index (Phi) is 6.21. The molecule has 0 saturated carbocycles. The molecular formula is C20H24N4O3S2. The first-order valence-electron chi connectivity index (χ1n) is 9.30. The maximum Gasteiger partial charge on any atom is 0.269 e. The third-order valence-corrected chi connectivity index (χ3v) is 7.75. The standard InChI is InChI=1S/C20H24N4O3S2/c1-5-24(6-2)29(26,27)16-9-7-15(8-10-16)19(25)22-23-20-21-17-12-13(3)11-14(4)18(17)28-20/h7-12H,5-6H2,1-4H3,(H,21,23)(H,22,25). The first kappa shape index (κ1) is 21.2. The number of hydrazine groups is 1. The Hall–Kier alpha value is -2.49. The Morgan fingerprint density at radius 2 is 1.76 bits per heavy atom. The van der Waals surface area contributed by atoms with E-state index in [2.05, 4.69) is 21.9 Å². The lowest BCUT2D eigenvalue weighted by Crippen LogP contribution is -2.31. The van der Waals surface area contributed by atoms with Gasteiger partial charge in [0, 0.05) is 18.7 Å². The molecular weight excluding hydrogens is 408 g/mol. The van der Waals surface area contributed by atoms with Crippen molar-refractivity contribution in [1.29, 1.82) is 0 Å². The highest BCUT2D eigenvalue weighted by Crippen LogP contribution is 2.29. The topological polar surface area (TPSA) is 91.4 Å². The van der Waals surface area contributed by atoms with E-state index in [1.165, 1.54) is 39.9 Å². The lowest BCUT2D eigenvalue weighted by molar-refractivity contribution is 0.0962. The van der Waals surface area contributed by atoms with E-state index in [4.69, 9.17) is 0 Å². The molecule has 154 valence electrons. The molecule has 0 aliphatic heterocycles. The summed E-state index contributed by atoms with van der Waals surface area (Å²) in [6.45, 7) is 8.42. The number of hydrogen-bond acceptors (Lipinski definition) is 6. The van der Waals surface area contributed by atoms with Crippen LogP contribution in [0.15, 0.2) is 41.3 Å². The summed E-state index contributed by atoms with van der Waals surface area (Å²) in [5.74, 6) is -0.371. The second-order valence-corrected chi connectivity index (χ2v) is 9.58. The monoisotopic (exact) mass is 432 g/mol. The Bertz CT molecular complexity index is 1130. The van der Waals surface area contributed by atoms with Crippen LogP contribution in [0, 0.1) is 13.8 Å². The molecule has 7 nitrogen and oxygen atoms in total. The lowest BCUT2D eigenvalue weighted by Gasteiger charge is -2.18. The van der Waals surface area contributed by atoms with Crippen molar-refractivity contribution in [3.05, 3.63) is 53.1 Å². The fourth-order valence-corrected chi connectivity index (χ4v) is 5.43. The van der Waals surface area contributed by atoms with Crippen LogP contribution >= 0.6 is 11.3 Å². The number of amides is 1. The van der Waals surface area contributed by atoms with Crippen LogP contribution in [0.2, 0.25) is 0 Å². The van der Waals surface area contributed by atoms with Gasteiger partial charge in [0.2, 0.25) is 15.2 Å². The molecule has 0 aliphatic carbocycles. The maximum atomic E-state index is 12.5. The van der Waals surface area contributed by atoms with Crippen LogP contribution in [0.1, 0.15) is 35.3 Å². The van der Waals surface area contributed by atoms with Gasteiger partial charge < -0.3 is 0 Å². The number of rotatable bonds is 7. The molecule has 0 bridgehead atoms. The van der Waals surface area contributed by atoms with Crippen molar-refractivity contribution >= 4 is 42.6 Å². The number of carbonyl (C=O) groups is 1. The summed E-state index contributed by atoms with van der Waals surface area (Å²) in [6.07, 6.45) is 0. The van der Waals surface area contributed by atoms with Gasteiger partial charge in [-0.05, 0) is 55.3 Å². The smallest absolute Gasteiger partial charge is 0.269 e. The van der Waals surface area contributed by atoms with E-state index in [0.29, 0.717) is 23.8 Å². The summed E-state index contributed by atoms with van der Waals surface area (Å²) in [5.41, 5.74) is 8.97.